The quantitative estimate of drug-likeness (QED) is 0.774. The molecule has 2 heterocycles. The molecule has 2 N–H and O–H groups in total. The highest BCUT2D eigenvalue weighted by molar-refractivity contribution is 7.72. The van der Waals surface area contributed by atoms with E-state index in [0.29, 0.717) is 4.77 Å². The summed E-state index contributed by atoms with van der Waals surface area (Å²) >= 11 is 10.5. The summed E-state index contributed by atoms with van der Waals surface area (Å²) in [5.74, 6) is 0. The zero-order valence-electron chi connectivity index (χ0n) is 7.70. The average molecular weight is 226 g/mol. The molecule has 0 aliphatic carbocycles. The van der Waals surface area contributed by atoms with E-state index in [1.807, 2.05) is 4.57 Å². The van der Waals surface area contributed by atoms with Crippen LogP contribution in [0, 0.1) is 9.41 Å². The van der Waals surface area contributed by atoms with Crippen molar-refractivity contribution >= 4 is 35.6 Å². The van der Waals surface area contributed by atoms with Gasteiger partial charge in [0.25, 0.3) is 0 Å². The Bertz CT molecular complexity index is 562. The number of aromatic amines is 2. The minimum atomic E-state index is 0.636. The molecule has 0 radical (unpaired) electrons. The standard InChI is InChI=1S/C8H10N4S2/c1-2-3-12-7(13)5-6(10-4-9-5)11-8(12)14/h4H,2-3H2,1H3,(H,9,10)(H,11,14). The van der Waals surface area contributed by atoms with Gasteiger partial charge >= 0.3 is 0 Å². The number of aromatic nitrogens is 4. The Morgan fingerprint density at radius 3 is 3.00 bits per heavy atom. The van der Waals surface area contributed by atoms with Gasteiger partial charge in [0.1, 0.15) is 10.2 Å². The maximum absolute atomic E-state index is 5.31. The van der Waals surface area contributed by atoms with Crippen LogP contribution in [-0.4, -0.2) is 19.5 Å². The predicted molar refractivity (Wildman–Crippen MR) is 60.4 cm³/mol. The third-order valence-corrected chi connectivity index (χ3v) is 2.76. The first-order chi connectivity index (χ1) is 6.74. The fourth-order valence-corrected chi connectivity index (χ4v) is 2.05. The summed E-state index contributed by atoms with van der Waals surface area (Å²) in [7, 11) is 0. The van der Waals surface area contributed by atoms with Gasteiger partial charge in [-0.05, 0) is 18.6 Å². The SMILES string of the molecule is CCCn1c(=S)[nH]c2nc[nH]c2c1=S. The highest BCUT2D eigenvalue weighted by Gasteiger charge is 2.02. The lowest BCUT2D eigenvalue weighted by atomic mass is 10.4. The highest BCUT2D eigenvalue weighted by Crippen LogP contribution is 2.09. The van der Waals surface area contributed by atoms with Gasteiger partial charge in [-0.25, -0.2) is 4.98 Å². The van der Waals surface area contributed by atoms with Gasteiger partial charge in [0, 0.05) is 6.54 Å². The lowest BCUT2D eigenvalue weighted by Gasteiger charge is -2.04. The number of nitrogens with zero attached hydrogens (tertiary/aromatic N) is 2. The van der Waals surface area contributed by atoms with Gasteiger partial charge in [-0.2, -0.15) is 0 Å². The first-order valence-corrected chi connectivity index (χ1v) is 5.22. The van der Waals surface area contributed by atoms with Gasteiger partial charge in [0.05, 0.1) is 6.33 Å². The van der Waals surface area contributed by atoms with Gasteiger partial charge in [0.15, 0.2) is 10.4 Å². The maximum Gasteiger partial charge on any atom is 0.179 e. The van der Waals surface area contributed by atoms with Gasteiger partial charge in [-0.3, -0.25) is 0 Å². The molecule has 2 aromatic rings. The zero-order valence-corrected chi connectivity index (χ0v) is 9.34. The van der Waals surface area contributed by atoms with Crippen LogP contribution in [0.3, 0.4) is 0 Å². The fourth-order valence-electron chi connectivity index (χ4n) is 1.37. The van der Waals surface area contributed by atoms with Crippen molar-refractivity contribution in [3.8, 4) is 0 Å². The minimum absolute atomic E-state index is 0.636. The van der Waals surface area contributed by atoms with Crippen molar-refractivity contribution in [3.05, 3.63) is 15.7 Å². The molecule has 2 aromatic heterocycles. The van der Waals surface area contributed by atoms with Crippen LogP contribution in [0.15, 0.2) is 6.33 Å². The molecule has 0 aliphatic rings. The van der Waals surface area contributed by atoms with Crippen LogP contribution in [0.2, 0.25) is 0 Å². The molecule has 4 nitrogen and oxygen atoms in total. The van der Waals surface area contributed by atoms with Gasteiger partial charge in [-0.1, -0.05) is 19.1 Å². The normalized spacial score (nSPS) is 10.9. The Hall–Kier alpha value is -1.01. The molecule has 2 rings (SSSR count). The third kappa shape index (κ3) is 1.40. The summed E-state index contributed by atoms with van der Waals surface area (Å²) in [5, 5.41) is 0. The van der Waals surface area contributed by atoms with Crippen LogP contribution in [-0.2, 0) is 6.54 Å². The lowest BCUT2D eigenvalue weighted by molar-refractivity contribution is 0.649. The second-order valence-electron chi connectivity index (χ2n) is 3.01. The van der Waals surface area contributed by atoms with Crippen molar-refractivity contribution in [2.24, 2.45) is 0 Å². The Morgan fingerprint density at radius 1 is 1.50 bits per heavy atom. The molecule has 6 heteroatoms. The number of imidazole rings is 1. The number of nitrogens with one attached hydrogen (secondary N) is 2. The summed E-state index contributed by atoms with van der Waals surface area (Å²) in [4.78, 5) is 10.1. The number of rotatable bonds is 2. The topological polar surface area (TPSA) is 49.4 Å². The first kappa shape index (κ1) is 9.54. The smallest absolute Gasteiger partial charge is 0.179 e. The van der Waals surface area contributed by atoms with E-state index in [4.69, 9.17) is 24.4 Å². The molecule has 0 saturated heterocycles. The number of fused-ring (bicyclic) bond motifs is 1. The van der Waals surface area contributed by atoms with E-state index in [-0.39, 0.29) is 0 Å². The van der Waals surface area contributed by atoms with E-state index >= 15 is 0 Å². The molecule has 0 amide bonds. The molecule has 0 unspecified atom stereocenters. The van der Waals surface area contributed by atoms with Crippen LogP contribution >= 0.6 is 24.4 Å². The monoisotopic (exact) mass is 226 g/mol. The van der Waals surface area contributed by atoms with Crippen LogP contribution < -0.4 is 0 Å². The second kappa shape index (κ2) is 3.62. The minimum Gasteiger partial charge on any atom is -0.341 e. The molecule has 0 fully saturated rings. The summed E-state index contributed by atoms with van der Waals surface area (Å²) in [6.07, 6.45) is 2.62. The number of H-pyrrole nitrogens is 2. The predicted octanol–water partition coefficient (Wildman–Crippen LogP) is 2.56. The van der Waals surface area contributed by atoms with Crippen molar-refractivity contribution < 1.29 is 0 Å². The molecule has 0 aliphatic heterocycles. The van der Waals surface area contributed by atoms with E-state index in [1.54, 1.807) is 6.33 Å². The molecule has 0 atom stereocenters. The second-order valence-corrected chi connectivity index (χ2v) is 3.79. The van der Waals surface area contributed by atoms with E-state index in [0.717, 1.165) is 28.8 Å². The third-order valence-electron chi connectivity index (χ3n) is 2.02. The summed E-state index contributed by atoms with van der Waals surface area (Å²) in [6, 6.07) is 0. The Balaban J connectivity index is 2.83. The van der Waals surface area contributed by atoms with E-state index in [9.17, 15) is 0 Å². The summed E-state index contributed by atoms with van der Waals surface area (Å²) < 4.78 is 3.27. The maximum atomic E-state index is 5.31. The van der Waals surface area contributed by atoms with Crippen LogP contribution in [0.4, 0.5) is 0 Å². The van der Waals surface area contributed by atoms with Crippen molar-refractivity contribution in [2.45, 2.75) is 19.9 Å². The molecule has 74 valence electrons. The fraction of sp³-hybridized carbons (Fsp3) is 0.375. The Labute approximate surface area is 91.0 Å². The van der Waals surface area contributed by atoms with E-state index in [2.05, 4.69) is 21.9 Å². The Kier molecular flexibility index (Phi) is 2.47. The van der Waals surface area contributed by atoms with Crippen molar-refractivity contribution in [1.82, 2.24) is 19.5 Å². The van der Waals surface area contributed by atoms with Crippen molar-refractivity contribution in [1.29, 1.82) is 0 Å². The van der Waals surface area contributed by atoms with Crippen LogP contribution in [0.5, 0.6) is 0 Å². The number of hydrogen-bond acceptors (Lipinski definition) is 3. The van der Waals surface area contributed by atoms with Gasteiger partial charge in [-0.15, -0.1) is 0 Å². The van der Waals surface area contributed by atoms with Crippen molar-refractivity contribution in [3.63, 3.8) is 0 Å². The van der Waals surface area contributed by atoms with E-state index in [1.165, 1.54) is 0 Å². The van der Waals surface area contributed by atoms with Gasteiger partial charge < -0.3 is 14.5 Å². The van der Waals surface area contributed by atoms with Gasteiger partial charge in [0.2, 0.25) is 0 Å². The largest absolute Gasteiger partial charge is 0.341 e. The average Bonchev–Trinajstić information content (AvgIpc) is 2.60. The Morgan fingerprint density at radius 2 is 2.29 bits per heavy atom. The molecule has 0 bridgehead atoms. The molecule has 0 spiro atoms. The summed E-state index contributed by atoms with van der Waals surface area (Å²) in [6.45, 7) is 2.93. The molecular formula is C8H10N4S2. The molecule has 0 aromatic carbocycles. The number of hydrogen-bond donors (Lipinski definition) is 2. The molecule has 0 saturated carbocycles. The molecular weight excluding hydrogens is 216 g/mol. The van der Waals surface area contributed by atoms with Crippen molar-refractivity contribution in [2.75, 3.05) is 0 Å². The zero-order chi connectivity index (χ0) is 10.1. The van der Waals surface area contributed by atoms with Crippen LogP contribution in [0.1, 0.15) is 13.3 Å². The lowest BCUT2D eigenvalue weighted by Crippen LogP contribution is -2.03. The summed E-state index contributed by atoms with van der Waals surface area (Å²) in [5.41, 5.74) is 1.58. The molecule has 14 heavy (non-hydrogen) atoms. The first-order valence-electron chi connectivity index (χ1n) is 4.40. The van der Waals surface area contributed by atoms with Crippen LogP contribution in [0.25, 0.3) is 11.2 Å². The highest BCUT2D eigenvalue weighted by atomic mass is 32.1. The van der Waals surface area contributed by atoms with E-state index < -0.39 is 0 Å².